The third-order valence-corrected chi connectivity index (χ3v) is 2.79. The fourth-order valence-corrected chi connectivity index (χ4v) is 1.80. The molecule has 0 unspecified atom stereocenters. The van der Waals surface area contributed by atoms with Crippen molar-refractivity contribution in [3.8, 4) is 0 Å². The van der Waals surface area contributed by atoms with Crippen molar-refractivity contribution in [3.05, 3.63) is 0 Å². The summed E-state index contributed by atoms with van der Waals surface area (Å²) >= 11 is 0. The third kappa shape index (κ3) is 4.94. The van der Waals surface area contributed by atoms with Gasteiger partial charge >= 0.3 is 0 Å². The highest BCUT2D eigenvalue weighted by Gasteiger charge is 2.14. The number of nitrogens with one attached hydrogen (secondary N) is 1. The summed E-state index contributed by atoms with van der Waals surface area (Å²) in [6.45, 7) is 10.3. The van der Waals surface area contributed by atoms with Crippen LogP contribution in [0.2, 0.25) is 0 Å². The van der Waals surface area contributed by atoms with Crippen LogP contribution < -0.4 is 11.1 Å². The Bertz CT molecular complexity index is 139. The molecule has 0 aromatic carbocycles. The zero-order chi connectivity index (χ0) is 10.4. The van der Waals surface area contributed by atoms with Crippen molar-refractivity contribution in [2.75, 3.05) is 32.7 Å². The van der Waals surface area contributed by atoms with Crippen LogP contribution in [-0.2, 0) is 0 Å². The topological polar surface area (TPSA) is 41.3 Å². The Morgan fingerprint density at radius 2 is 2.00 bits per heavy atom. The summed E-state index contributed by atoms with van der Waals surface area (Å²) < 4.78 is 0. The molecule has 0 radical (unpaired) electrons. The molecule has 3 N–H and O–H groups in total. The Morgan fingerprint density at radius 3 is 2.57 bits per heavy atom. The molecule has 1 rings (SSSR count). The molecule has 1 aliphatic heterocycles. The van der Waals surface area contributed by atoms with E-state index in [0.717, 1.165) is 19.0 Å². The van der Waals surface area contributed by atoms with E-state index in [2.05, 4.69) is 24.1 Å². The largest absolute Gasteiger partial charge is 0.328 e. The first-order valence-electron chi connectivity index (χ1n) is 5.87. The van der Waals surface area contributed by atoms with Gasteiger partial charge in [0.15, 0.2) is 0 Å². The van der Waals surface area contributed by atoms with Crippen LogP contribution in [0.5, 0.6) is 0 Å². The van der Waals surface area contributed by atoms with Crippen molar-refractivity contribution in [1.29, 1.82) is 0 Å². The molecule has 84 valence electrons. The minimum absolute atomic E-state index is 0.454. The van der Waals surface area contributed by atoms with Gasteiger partial charge < -0.3 is 16.0 Å². The quantitative estimate of drug-likeness (QED) is 0.639. The molecule has 0 aromatic heterocycles. The number of piperidine rings is 1. The van der Waals surface area contributed by atoms with Gasteiger partial charge in [-0.05, 0) is 38.4 Å². The maximum absolute atomic E-state index is 5.85. The van der Waals surface area contributed by atoms with E-state index in [1.54, 1.807) is 0 Å². The summed E-state index contributed by atoms with van der Waals surface area (Å²) in [5.41, 5.74) is 5.85. The molecule has 0 atom stereocenters. The van der Waals surface area contributed by atoms with Crippen molar-refractivity contribution in [1.82, 2.24) is 10.2 Å². The summed E-state index contributed by atoms with van der Waals surface area (Å²) in [5, 5.41) is 3.47. The standard InChI is InChI=1S/C11H25N3/c1-10(2)9-13-5-8-14-6-3-11(12)4-7-14/h10-11,13H,3-9,12H2,1-2H3. The van der Waals surface area contributed by atoms with E-state index in [1.807, 2.05) is 0 Å². The van der Waals surface area contributed by atoms with Crippen molar-refractivity contribution in [2.24, 2.45) is 11.7 Å². The van der Waals surface area contributed by atoms with Crippen LogP contribution in [0.4, 0.5) is 0 Å². The number of nitrogens with two attached hydrogens (primary N) is 1. The molecule has 0 amide bonds. The summed E-state index contributed by atoms with van der Waals surface area (Å²) in [7, 11) is 0. The van der Waals surface area contributed by atoms with Gasteiger partial charge in [-0.2, -0.15) is 0 Å². The van der Waals surface area contributed by atoms with E-state index in [9.17, 15) is 0 Å². The average molecular weight is 199 g/mol. The molecule has 0 aromatic rings. The summed E-state index contributed by atoms with van der Waals surface area (Å²) in [6, 6.07) is 0.454. The first kappa shape index (κ1) is 12.0. The monoisotopic (exact) mass is 199 g/mol. The first-order chi connectivity index (χ1) is 6.68. The molecule has 3 heteroatoms. The van der Waals surface area contributed by atoms with Gasteiger partial charge in [-0.15, -0.1) is 0 Å². The Morgan fingerprint density at radius 1 is 1.36 bits per heavy atom. The fourth-order valence-electron chi connectivity index (χ4n) is 1.80. The molecule has 0 saturated carbocycles. The van der Waals surface area contributed by atoms with Gasteiger partial charge in [-0.1, -0.05) is 13.8 Å². The van der Waals surface area contributed by atoms with Crippen LogP contribution in [0, 0.1) is 5.92 Å². The Kier molecular flexibility index (Phi) is 5.45. The zero-order valence-corrected chi connectivity index (χ0v) is 9.63. The fraction of sp³-hybridized carbons (Fsp3) is 1.00. The average Bonchev–Trinajstić information content (AvgIpc) is 2.15. The van der Waals surface area contributed by atoms with Crippen molar-refractivity contribution in [3.63, 3.8) is 0 Å². The lowest BCUT2D eigenvalue weighted by molar-refractivity contribution is 0.213. The SMILES string of the molecule is CC(C)CNCCN1CCC(N)CC1. The molecule has 3 nitrogen and oxygen atoms in total. The zero-order valence-electron chi connectivity index (χ0n) is 9.63. The molecule has 0 aliphatic carbocycles. The van der Waals surface area contributed by atoms with Gasteiger partial charge in [-0.25, -0.2) is 0 Å². The van der Waals surface area contributed by atoms with Crippen molar-refractivity contribution in [2.45, 2.75) is 32.7 Å². The highest BCUT2D eigenvalue weighted by Crippen LogP contribution is 2.06. The summed E-state index contributed by atoms with van der Waals surface area (Å²) in [5.74, 6) is 0.754. The molecule has 0 spiro atoms. The lowest BCUT2D eigenvalue weighted by atomic mass is 10.1. The molecule has 1 heterocycles. The number of nitrogens with zero attached hydrogens (tertiary/aromatic N) is 1. The third-order valence-electron chi connectivity index (χ3n) is 2.79. The van der Waals surface area contributed by atoms with Crippen LogP contribution in [0.15, 0.2) is 0 Å². The van der Waals surface area contributed by atoms with Gasteiger partial charge in [0, 0.05) is 19.1 Å². The molecular weight excluding hydrogens is 174 g/mol. The molecule has 14 heavy (non-hydrogen) atoms. The summed E-state index contributed by atoms with van der Waals surface area (Å²) in [6.07, 6.45) is 2.34. The van der Waals surface area contributed by atoms with E-state index in [1.165, 1.54) is 32.5 Å². The Balaban J connectivity index is 1.96. The second kappa shape index (κ2) is 6.38. The van der Waals surface area contributed by atoms with Gasteiger partial charge in [0.1, 0.15) is 0 Å². The van der Waals surface area contributed by atoms with Gasteiger partial charge in [0.2, 0.25) is 0 Å². The Hall–Kier alpha value is -0.120. The normalized spacial score (nSPS) is 20.6. The van der Waals surface area contributed by atoms with E-state index in [0.29, 0.717) is 6.04 Å². The maximum Gasteiger partial charge on any atom is 0.0107 e. The number of likely N-dealkylation sites (tertiary alicyclic amines) is 1. The molecular formula is C11H25N3. The predicted molar refractivity (Wildman–Crippen MR) is 61.4 cm³/mol. The van der Waals surface area contributed by atoms with Crippen LogP contribution in [0.25, 0.3) is 0 Å². The van der Waals surface area contributed by atoms with Crippen LogP contribution in [-0.4, -0.2) is 43.7 Å². The molecule has 1 aliphatic rings. The van der Waals surface area contributed by atoms with Crippen LogP contribution in [0.1, 0.15) is 26.7 Å². The highest BCUT2D eigenvalue weighted by molar-refractivity contribution is 4.74. The van der Waals surface area contributed by atoms with Crippen molar-refractivity contribution >= 4 is 0 Å². The molecule has 0 bridgehead atoms. The second-order valence-electron chi connectivity index (χ2n) is 4.78. The van der Waals surface area contributed by atoms with Gasteiger partial charge in [0.25, 0.3) is 0 Å². The molecule has 1 fully saturated rings. The van der Waals surface area contributed by atoms with Gasteiger partial charge in [-0.3, -0.25) is 0 Å². The van der Waals surface area contributed by atoms with Crippen molar-refractivity contribution < 1.29 is 0 Å². The number of hydrogen-bond acceptors (Lipinski definition) is 3. The smallest absolute Gasteiger partial charge is 0.0107 e. The van der Waals surface area contributed by atoms with E-state index >= 15 is 0 Å². The highest BCUT2D eigenvalue weighted by atomic mass is 15.1. The maximum atomic E-state index is 5.85. The second-order valence-corrected chi connectivity index (χ2v) is 4.78. The van der Waals surface area contributed by atoms with Crippen LogP contribution >= 0.6 is 0 Å². The van der Waals surface area contributed by atoms with E-state index < -0.39 is 0 Å². The predicted octanol–water partition coefficient (Wildman–Crippen LogP) is 0.655. The lowest BCUT2D eigenvalue weighted by Gasteiger charge is -2.30. The van der Waals surface area contributed by atoms with Crippen LogP contribution in [0.3, 0.4) is 0 Å². The number of rotatable bonds is 5. The van der Waals surface area contributed by atoms with E-state index in [4.69, 9.17) is 5.73 Å². The number of hydrogen-bond donors (Lipinski definition) is 2. The summed E-state index contributed by atoms with van der Waals surface area (Å²) in [4.78, 5) is 2.51. The lowest BCUT2D eigenvalue weighted by Crippen LogP contribution is -2.42. The minimum Gasteiger partial charge on any atom is -0.328 e. The molecule has 1 saturated heterocycles. The van der Waals surface area contributed by atoms with Gasteiger partial charge in [0.05, 0.1) is 0 Å². The van der Waals surface area contributed by atoms with E-state index in [-0.39, 0.29) is 0 Å². The Labute approximate surface area is 88.0 Å². The minimum atomic E-state index is 0.454. The first-order valence-corrected chi connectivity index (χ1v) is 5.87.